The number of aromatic nitrogens is 2. The summed E-state index contributed by atoms with van der Waals surface area (Å²) in [4.78, 5) is 33.0. The molecule has 6 nitrogen and oxygen atoms in total. The lowest BCUT2D eigenvalue weighted by molar-refractivity contribution is -0.154. The average molecular weight is 443 g/mol. The molecule has 1 aromatic carbocycles. The number of pyridine rings is 2. The van der Waals surface area contributed by atoms with Crippen molar-refractivity contribution < 1.29 is 27.5 Å². The Morgan fingerprint density at radius 2 is 1.78 bits per heavy atom. The van der Waals surface area contributed by atoms with Gasteiger partial charge in [-0.05, 0) is 24.6 Å². The van der Waals surface area contributed by atoms with E-state index in [2.05, 4.69) is 20.0 Å². The van der Waals surface area contributed by atoms with Crippen LogP contribution in [0.15, 0.2) is 67.0 Å². The molecule has 0 bridgehead atoms. The van der Waals surface area contributed by atoms with Gasteiger partial charge in [0.15, 0.2) is 12.4 Å². The summed E-state index contributed by atoms with van der Waals surface area (Å²) in [6, 6.07) is 14.3. The van der Waals surface area contributed by atoms with Gasteiger partial charge in [-0.25, -0.2) is 4.98 Å². The summed E-state index contributed by atoms with van der Waals surface area (Å²) >= 11 is 0. The van der Waals surface area contributed by atoms with Gasteiger partial charge in [0.1, 0.15) is 0 Å². The molecule has 0 aliphatic rings. The predicted octanol–water partition coefficient (Wildman–Crippen LogP) is 4.33. The van der Waals surface area contributed by atoms with Gasteiger partial charge >= 0.3 is 6.18 Å². The summed E-state index contributed by atoms with van der Waals surface area (Å²) in [7, 11) is 0. The van der Waals surface area contributed by atoms with E-state index < -0.39 is 18.8 Å². The Morgan fingerprint density at radius 1 is 1.03 bits per heavy atom. The first-order valence-electron chi connectivity index (χ1n) is 9.71. The highest BCUT2D eigenvalue weighted by Crippen LogP contribution is 2.19. The molecular weight excluding hydrogens is 423 g/mol. The third kappa shape index (κ3) is 6.63. The van der Waals surface area contributed by atoms with E-state index in [1.807, 2.05) is 6.07 Å². The second-order valence-corrected chi connectivity index (χ2v) is 7.03. The van der Waals surface area contributed by atoms with E-state index in [-0.39, 0.29) is 24.0 Å². The summed E-state index contributed by atoms with van der Waals surface area (Å²) in [6.45, 7) is 0.287. The van der Waals surface area contributed by atoms with Crippen LogP contribution in [0.25, 0.3) is 0 Å². The molecule has 1 unspecified atom stereocenters. The molecule has 2 aromatic heterocycles. The van der Waals surface area contributed by atoms with Crippen molar-refractivity contribution in [2.45, 2.75) is 25.6 Å². The van der Waals surface area contributed by atoms with Gasteiger partial charge in [-0.1, -0.05) is 36.4 Å². The molecule has 0 aliphatic heterocycles. The number of amides is 1. The van der Waals surface area contributed by atoms with Crippen LogP contribution in [0.5, 0.6) is 5.88 Å². The maximum absolute atomic E-state index is 12.6. The molecule has 0 saturated heterocycles. The first-order valence-corrected chi connectivity index (χ1v) is 9.71. The molecule has 166 valence electrons. The Bertz CT molecular complexity index is 1070. The van der Waals surface area contributed by atoms with Crippen LogP contribution < -0.4 is 10.1 Å². The number of Topliss-reactive ketones (excluding diaryl/α,β-unsaturated/α-hetero) is 1. The molecule has 3 aromatic rings. The van der Waals surface area contributed by atoms with Gasteiger partial charge in [0.25, 0.3) is 5.91 Å². The maximum Gasteiger partial charge on any atom is 0.422 e. The first kappa shape index (κ1) is 22.9. The molecule has 0 aliphatic carbocycles. The van der Waals surface area contributed by atoms with E-state index in [0.717, 1.165) is 0 Å². The minimum absolute atomic E-state index is 0.0595. The SMILES string of the molecule is CC(NC(=O)c1ccnc(CC(=O)c2ccccc2)c1)c1ccc(OCC(F)(F)F)nc1. The number of alkyl halides is 3. The molecule has 3 rings (SSSR count). The van der Waals surface area contributed by atoms with Crippen LogP contribution >= 0.6 is 0 Å². The normalized spacial score (nSPS) is 12.1. The van der Waals surface area contributed by atoms with Crippen LogP contribution in [0, 0.1) is 0 Å². The third-order valence-electron chi connectivity index (χ3n) is 4.51. The molecule has 0 spiro atoms. The van der Waals surface area contributed by atoms with Crippen molar-refractivity contribution in [1.29, 1.82) is 0 Å². The molecule has 1 atom stereocenters. The van der Waals surface area contributed by atoms with Crippen molar-refractivity contribution in [1.82, 2.24) is 15.3 Å². The highest BCUT2D eigenvalue weighted by molar-refractivity contribution is 5.98. The molecule has 1 amide bonds. The van der Waals surface area contributed by atoms with Crippen LogP contribution in [-0.4, -0.2) is 34.4 Å². The Hall–Kier alpha value is -3.75. The maximum atomic E-state index is 12.6. The summed E-state index contributed by atoms with van der Waals surface area (Å²) in [5.41, 5.74) is 1.95. The van der Waals surface area contributed by atoms with Crippen LogP contribution in [0.2, 0.25) is 0 Å². The van der Waals surface area contributed by atoms with Crippen molar-refractivity contribution in [3.05, 3.63) is 89.4 Å². The number of halogens is 3. The van der Waals surface area contributed by atoms with E-state index in [0.29, 0.717) is 22.4 Å². The Kier molecular flexibility index (Phi) is 7.19. The number of hydrogen-bond donors (Lipinski definition) is 1. The van der Waals surface area contributed by atoms with E-state index in [1.165, 1.54) is 30.6 Å². The van der Waals surface area contributed by atoms with Crippen molar-refractivity contribution >= 4 is 11.7 Å². The average Bonchev–Trinajstić information content (AvgIpc) is 2.78. The van der Waals surface area contributed by atoms with Crippen molar-refractivity contribution in [3.63, 3.8) is 0 Å². The summed E-state index contributed by atoms with van der Waals surface area (Å²) in [6.07, 6.45) is -1.59. The number of benzene rings is 1. The zero-order chi connectivity index (χ0) is 23.1. The van der Waals surface area contributed by atoms with Crippen LogP contribution in [0.1, 0.15) is 44.9 Å². The number of ether oxygens (including phenoxy) is 1. The smallest absolute Gasteiger partial charge is 0.422 e. The van der Waals surface area contributed by atoms with E-state index >= 15 is 0 Å². The lowest BCUT2D eigenvalue weighted by Crippen LogP contribution is -2.27. The second-order valence-electron chi connectivity index (χ2n) is 7.03. The summed E-state index contributed by atoms with van der Waals surface area (Å²) < 4.78 is 41.2. The molecule has 0 saturated carbocycles. The number of rotatable bonds is 8. The molecule has 0 radical (unpaired) electrons. The summed E-state index contributed by atoms with van der Waals surface area (Å²) in [5, 5.41) is 2.79. The fourth-order valence-corrected chi connectivity index (χ4v) is 2.86. The Labute approximate surface area is 182 Å². The zero-order valence-corrected chi connectivity index (χ0v) is 17.1. The largest absolute Gasteiger partial charge is 0.468 e. The van der Waals surface area contributed by atoms with Crippen molar-refractivity contribution in [2.75, 3.05) is 6.61 Å². The van der Waals surface area contributed by atoms with E-state index in [1.54, 1.807) is 37.3 Å². The summed E-state index contributed by atoms with van der Waals surface area (Å²) in [5.74, 6) is -0.653. The molecule has 0 fully saturated rings. The molecule has 32 heavy (non-hydrogen) atoms. The van der Waals surface area contributed by atoms with Crippen LogP contribution in [0.3, 0.4) is 0 Å². The number of nitrogens with zero attached hydrogens (tertiary/aromatic N) is 2. The fourth-order valence-electron chi connectivity index (χ4n) is 2.86. The van der Waals surface area contributed by atoms with Gasteiger partial charge in [0.05, 0.1) is 12.5 Å². The topological polar surface area (TPSA) is 81.2 Å². The molecule has 1 N–H and O–H groups in total. The predicted molar refractivity (Wildman–Crippen MR) is 110 cm³/mol. The van der Waals surface area contributed by atoms with Gasteiger partial charge in [-0.15, -0.1) is 0 Å². The van der Waals surface area contributed by atoms with Crippen LogP contribution in [-0.2, 0) is 6.42 Å². The van der Waals surface area contributed by atoms with Gasteiger partial charge in [-0.3, -0.25) is 14.6 Å². The number of carbonyl (C=O) groups excluding carboxylic acids is 2. The number of nitrogens with one attached hydrogen (secondary N) is 1. The fraction of sp³-hybridized carbons (Fsp3) is 0.217. The van der Waals surface area contributed by atoms with Gasteiger partial charge in [-0.2, -0.15) is 13.2 Å². The van der Waals surface area contributed by atoms with Crippen molar-refractivity contribution in [2.24, 2.45) is 0 Å². The quantitative estimate of drug-likeness (QED) is 0.524. The molecule has 9 heteroatoms. The van der Waals surface area contributed by atoms with E-state index in [9.17, 15) is 22.8 Å². The number of ketones is 1. The number of hydrogen-bond acceptors (Lipinski definition) is 5. The zero-order valence-electron chi connectivity index (χ0n) is 17.1. The minimum atomic E-state index is -4.45. The lowest BCUT2D eigenvalue weighted by Gasteiger charge is -2.15. The highest BCUT2D eigenvalue weighted by atomic mass is 19.4. The van der Waals surface area contributed by atoms with E-state index in [4.69, 9.17) is 0 Å². The Morgan fingerprint density at radius 3 is 2.44 bits per heavy atom. The first-order chi connectivity index (χ1) is 15.2. The van der Waals surface area contributed by atoms with Gasteiger partial charge in [0, 0.05) is 35.3 Å². The number of carbonyl (C=O) groups is 2. The highest BCUT2D eigenvalue weighted by Gasteiger charge is 2.28. The Balaban J connectivity index is 1.60. The molecular formula is C23H20F3N3O3. The van der Waals surface area contributed by atoms with Gasteiger partial charge < -0.3 is 10.1 Å². The second kappa shape index (κ2) is 10.0. The van der Waals surface area contributed by atoms with Gasteiger partial charge in [0.2, 0.25) is 5.88 Å². The lowest BCUT2D eigenvalue weighted by atomic mass is 10.0. The molecule has 2 heterocycles. The minimum Gasteiger partial charge on any atom is -0.468 e. The standard InChI is InChI=1S/C23H20F3N3O3/c1-15(18-7-8-21(28-13-18)32-14-23(24,25)26)29-22(31)17-9-10-27-19(11-17)12-20(30)16-5-3-2-4-6-16/h2-11,13,15H,12,14H2,1H3,(H,29,31). The van der Waals surface area contributed by atoms with Crippen LogP contribution in [0.4, 0.5) is 13.2 Å². The van der Waals surface area contributed by atoms with Crippen molar-refractivity contribution in [3.8, 4) is 5.88 Å². The monoisotopic (exact) mass is 443 g/mol. The third-order valence-corrected chi connectivity index (χ3v) is 4.51.